The van der Waals surface area contributed by atoms with Crippen molar-refractivity contribution >= 4 is 129 Å². The van der Waals surface area contributed by atoms with E-state index in [9.17, 15) is 43.8 Å². The molecule has 116 heavy (non-hydrogen) atoms. The summed E-state index contributed by atoms with van der Waals surface area (Å²) >= 11 is 25.1. The Morgan fingerprint density at radius 3 is 1.07 bits per heavy atom. The van der Waals surface area contributed by atoms with Crippen LogP contribution >= 0.6 is 46.4 Å². The number of piperidine rings is 5. The molecule has 4 aromatic carbocycles. The molecule has 0 radical (unpaired) electrons. The summed E-state index contributed by atoms with van der Waals surface area (Å²) in [5.41, 5.74) is 4.84. The second-order valence-electron chi connectivity index (χ2n) is 35.0. The summed E-state index contributed by atoms with van der Waals surface area (Å²) < 4.78 is 17.0. The van der Waals surface area contributed by atoms with Crippen LogP contribution < -0.4 is 21.3 Å². The molecule has 8 aromatic rings. The van der Waals surface area contributed by atoms with E-state index >= 15 is 0 Å². The van der Waals surface area contributed by atoms with Gasteiger partial charge < -0.3 is 66.0 Å². The number of urea groups is 3. The second kappa shape index (κ2) is 38.7. The number of H-pyrrole nitrogens is 4. The van der Waals surface area contributed by atoms with Crippen LogP contribution in [0.3, 0.4) is 0 Å². The summed E-state index contributed by atoms with van der Waals surface area (Å²) in [4.78, 5) is 57.1. The zero-order valence-corrected chi connectivity index (χ0v) is 72.2. The minimum Gasteiger partial charge on any atom is -0.388 e. The van der Waals surface area contributed by atoms with Crippen LogP contribution in [0.2, 0.25) is 20.1 Å². The summed E-state index contributed by atoms with van der Waals surface area (Å²) in [5, 5.41) is 91.8. The number of terminal acetylenes is 1. The molecule has 5 atom stereocenters. The van der Waals surface area contributed by atoms with Gasteiger partial charge in [-0.05, 0) is 199 Å². The molecule has 10 heterocycles. The third-order valence-electron chi connectivity index (χ3n) is 25.9. The lowest BCUT2D eigenvalue weighted by Gasteiger charge is -2.43. The highest BCUT2D eigenvalue weighted by Crippen LogP contribution is 2.51. The fourth-order valence-corrected chi connectivity index (χ4v) is 19.4. The molecule has 6 saturated heterocycles. The number of aromatic amines is 4. The average Bonchev–Trinajstić information content (AvgIpc) is 1.48. The number of rotatable bonds is 18. The first-order valence-corrected chi connectivity index (χ1v) is 44.5. The molecule has 0 saturated carbocycles. The van der Waals surface area contributed by atoms with E-state index in [0.717, 1.165) is 156 Å². The molecule has 0 spiro atoms. The van der Waals surface area contributed by atoms with Crippen molar-refractivity contribution in [3.05, 3.63) is 116 Å². The number of carbonyl (C=O) groups is 4. The van der Waals surface area contributed by atoms with E-state index in [0.29, 0.717) is 104 Å². The molecule has 4 aromatic heterocycles. The number of aliphatic hydroxyl groups excluding tert-OH is 4. The quantitative estimate of drug-likeness (QED) is 0.0281. The lowest BCUT2D eigenvalue weighted by atomic mass is 9.68. The van der Waals surface area contributed by atoms with Gasteiger partial charge in [0.2, 0.25) is 5.91 Å². The number of hydrogen-bond donors (Lipinski definition) is 12. The van der Waals surface area contributed by atoms with Gasteiger partial charge in [-0.1, -0.05) is 108 Å². The van der Waals surface area contributed by atoms with Crippen molar-refractivity contribution in [3.63, 3.8) is 0 Å². The number of ether oxygens (including phenoxy) is 1. The topological polar surface area (TPSA) is 351 Å². The van der Waals surface area contributed by atoms with Crippen molar-refractivity contribution in [1.82, 2.24) is 81.7 Å². The normalized spacial score (nSPS) is 19.3. The van der Waals surface area contributed by atoms with Crippen molar-refractivity contribution < 1.29 is 48.6 Å². The molecule has 31 heteroatoms. The van der Waals surface area contributed by atoms with Crippen LogP contribution in [0.25, 0.3) is 43.6 Å². The van der Waals surface area contributed by atoms with Gasteiger partial charge >= 0.3 is 18.1 Å². The van der Waals surface area contributed by atoms with E-state index in [2.05, 4.69) is 129 Å². The Kier molecular flexibility index (Phi) is 29.8. The van der Waals surface area contributed by atoms with E-state index in [4.69, 9.17) is 57.6 Å². The summed E-state index contributed by atoms with van der Waals surface area (Å²) in [5.74, 6) is 7.51. The van der Waals surface area contributed by atoms with Gasteiger partial charge in [-0.2, -0.15) is 20.4 Å². The van der Waals surface area contributed by atoms with Gasteiger partial charge in [-0.3, -0.25) is 29.4 Å². The Morgan fingerprint density at radius 1 is 0.491 bits per heavy atom. The van der Waals surface area contributed by atoms with Gasteiger partial charge in [0.05, 0.1) is 77.7 Å². The van der Waals surface area contributed by atoms with Crippen LogP contribution in [0.4, 0.5) is 14.4 Å². The van der Waals surface area contributed by atoms with Crippen LogP contribution in [0.5, 0.6) is 0 Å². The summed E-state index contributed by atoms with van der Waals surface area (Å²) in [6, 6.07) is 15.0. The Morgan fingerprint density at radius 2 is 0.776 bits per heavy atom. The minimum absolute atomic E-state index is 0.0123. The standard InChI is InChI=1S/C22H32ClN5O2.C22H31ClN4O3.C21H31ClN4O3S.C20H24ClN3O2/c1-22(2,20(29)18-12-16(23)11-14-13-25-27-19(14)18)15-5-9-28(10-6-15)21(30)26-17-3-7-24-8-4-17;1-22(2,20(28)18-12-16(23)11-14-13-24-26-19(14)18)15-3-7-27(8-4-15)21(29)25-17-5-9-30-10-6-17;1-21(2,19(27)17-12-16(22)11-14-13-24-25-18(14)17)15-5-8-26(9-6-15)20(28)23-7-10-30(3,4)29;1-4-5-17(25)24-8-6-14(7-9-24)20(2,3)19(26)16-11-15(21)10-13-12-22-23-18(13)16/h11-13,15,17,20,24,29H,3-10H2,1-2H3,(H,25,27)(H,26,30);11-13,15,17,20,28H,3-10H2,1-2H3,(H,24,26)(H,25,29);11-13,15,19,27H,3,5-10H2,1-2,4H3,(H,23,28)(H,24,25);1,10-12,14,19,26H,5-9H2,2-3H3,(H,22,23). The number of carbonyl (C=O) groups excluding carboxylic acids is 4. The number of aromatic nitrogens is 8. The van der Waals surface area contributed by atoms with Crippen LogP contribution in [-0.4, -0.2) is 224 Å². The number of nitrogens with zero attached hydrogens (tertiary/aromatic N) is 8. The second-order valence-corrected chi connectivity index (χ2v) is 39.5. The molecule has 6 aliphatic rings. The molecule has 12 N–H and O–H groups in total. The Balaban J connectivity index is 0.000000152. The van der Waals surface area contributed by atoms with Gasteiger partial charge in [0.25, 0.3) is 0 Å². The summed E-state index contributed by atoms with van der Waals surface area (Å²) in [6.45, 7) is 25.8. The molecule has 26 nitrogen and oxygen atoms in total. The number of nitrogens with one attached hydrogen (secondary N) is 8. The molecule has 14 rings (SSSR count). The molecule has 6 fully saturated rings. The van der Waals surface area contributed by atoms with E-state index in [1.165, 1.54) is 0 Å². The van der Waals surface area contributed by atoms with Crippen LogP contribution in [-0.2, 0) is 19.1 Å². The van der Waals surface area contributed by atoms with Crippen molar-refractivity contribution in [3.8, 4) is 12.3 Å². The molecule has 5 unspecified atom stereocenters. The van der Waals surface area contributed by atoms with Crippen molar-refractivity contribution in [2.45, 2.75) is 175 Å². The van der Waals surface area contributed by atoms with E-state index < -0.39 is 39.4 Å². The maximum absolute atomic E-state index is 12.7. The SMILES string of the molecule is C#CCC(=O)N1CCC(C(C)(C)C(O)c2cc(Cl)cc3cn[nH]c23)CC1.C=S(C)(=O)CCNC(=O)N1CCC(C(C)(C)C(O)c2cc(Cl)cc3cn[nH]c23)CC1.CC(C)(C1CCN(C(=O)NC2CCNCC2)CC1)C(O)c1cc(Cl)cc2cn[nH]c12.CC(C)(C1CCN(C(=O)NC2CCOCC2)CC1)C(O)c1cc(Cl)cc2cn[nH]c12. The van der Waals surface area contributed by atoms with Gasteiger partial charge in [-0.15, -0.1) is 6.42 Å². The van der Waals surface area contributed by atoms with Gasteiger partial charge in [0.15, 0.2) is 0 Å². The first kappa shape index (κ1) is 89.3. The van der Waals surface area contributed by atoms with E-state index in [-0.39, 0.29) is 76.5 Å². The third kappa shape index (κ3) is 21.6. The number of amides is 7. The molecule has 0 aliphatic carbocycles. The predicted octanol–water partition coefficient (Wildman–Crippen LogP) is 13.9. The number of fused-ring (bicyclic) bond motifs is 4. The fourth-order valence-electron chi connectivity index (χ4n) is 17.9. The first-order chi connectivity index (χ1) is 55.0. The lowest BCUT2D eigenvalue weighted by molar-refractivity contribution is -0.132. The number of hydrogen-bond acceptors (Lipinski definition) is 15. The largest absolute Gasteiger partial charge is 0.388 e. The van der Waals surface area contributed by atoms with Crippen LogP contribution in [0.1, 0.15) is 186 Å². The molecule has 7 amide bonds. The van der Waals surface area contributed by atoms with Crippen molar-refractivity contribution in [2.75, 3.05) is 97.2 Å². The van der Waals surface area contributed by atoms with E-state index in [1.807, 2.05) is 51.1 Å². The highest BCUT2D eigenvalue weighted by Gasteiger charge is 2.45. The summed E-state index contributed by atoms with van der Waals surface area (Å²) in [7, 11) is -2.11. The number of halogens is 4. The van der Waals surface area contributed by atoms with Gasteiger partial charge in [0.1, 0.15) is 0 Å². The summed E-state index contributed by atoms with van der Waals surface area (Å²) in [6.07, 6.45) is 21.5. The fraction of sp³-hybridized carbons (Fsp3) is 0.588. The maximum Gasteiger partial charge on any atom is 0.317 e. The maximum atomic E-state index is 12.7. The molecule has 6 aliphatic heterocycles. The monoisotopic (exact) mass is 1690 g/mol. The smallest absolute Gasteiger partial charge is 0.317 e. The zero-order valence-electron chi connectivity index (χ0n) is 68.3. The van der Waals surface area contributed by atoms with Crippen molar-refractivity contribution in [1.29, 1.82) is 0 Å². The first-order valence-electron chi connectivity index (χ1n) is 40.7. The highest BCUT2D eigenvalue weighted by molar-refractivity contribution is 7.99. The Bertz CT molecular complexity index is 4680. The Hall–Kier alpha value is -7.46. The minimum atomic E-state index is -2.11. The third-order valence-corrected chi connectivity index (χ3v) is 27.8. The van der Waals surface area contributed by atoms with Crippen LogP contribution in [0, 0.1) is 57.7 Å². The molecule has 0 bridgehead atoms. The number of benzene rings is 4. The predicted molar refractivity (Wildman–Crippen MR) is 461 cm³/mol. The highest BCUT2D eigenvalue weighted by atomic mass is 35.5. The zero-order chi connectivity index (χ0) is 83.6. The Labute approximate surface area is 701 Å². The molecular weight excluding hydrogens is 1580 g/mol. The molecule has 632 valence electrons. The van der Waals surface area contributed by atoms with Gasteiger partial charge in [0, 0.05) is 160 Å². The van der Waals surface area contributed by atoms with Crippen LogP contribution in [0.15, 0.2) is 73.3 Å². The number of likely N-dealkylation sites (tertiary alicyclic amines) is 4. The van der Waals surface area contributed by atoms with E-state index in [1.54, 1.807) is 48.1 Å². The molecular formula is C85H118Cl4N16O10S. The lowest BCUT2D eigenvalue weighted by Crippen LogP contribution is -2.51. The van der Waals surface area contributed by atoms with Gasteiger partial charge in [-0.25, -0.2) is 14.4 Å². The average molecular weight is 1700 g/mol. The number of aliphatic hydroxyl groups is 4. The van der Waals surface area contributed by atoms with Crippen molar-refractivity contribution in [2.24, 2.45) is 45.3 Å².